The predicted molar refractivity (Wildman–Crippen MR) is 91.2 cm³/mol. The lowest BCUT2D eigenvalue weighted by atomic mass is 10.1. The normalized spacial score (nSPS) is 13.4. The minimum absolute atomic E-state index is 0.0332. The van der Waals surface area contributed by atoms with Crippen LogP contribution >= 0.6 is 23.1 Å². The van der Waals surface area contributed by atoms with E-state index >= 15 is 0 Å². The molecule has 0 spiro atoms. The van der Waals surface area contributed by atoms with Gasteiger partial charge in [0.25, 0.3) is 0 Å². The van der Waals surface area contributed by atoms with Gasteiger partial charge in [0, 0.05) is 18.5 Å². The zero-order valence-corrected chi connectivity index (χ0v) is 14.3. The molecule has 1 aromatic carbocycles. The van der Waals surface area contributed by atoms with E-state index in [4.69, 9.17) is 9.47 Å². The number of nitrogens with zero attached hydrogens (tertiary/aromatic N) is 2. The van der Waals surface area contributed by atoms with Gasteiger partial charge in [-0.15, -0.1) is 10.2 Å². The van der Waals surface area contributed by atoms with Crippen LogP contribution in [0.1, 0.15) is 23.7 Å². The third-order valence-electron chi connectivity index (χ3n) is 3.13. The van der Waals surface area contributed by atoms with Crippen LogP contribution in [0.3, 0.4) is 0 Å². The first-order valence-corrected chi connectivity index (χ1v) is 9.19. The molecule has 0 unspecified atom stereocenters. The minimum atomic E-state index is 0.0332. The number of hydrogen-bond donors (Lipinski definition) is 1. The first kappa shape index (κ1) is 16.1. The highest BCUT2D eigenvalue weighted by molar-refractivity contribution is 8.01. The van der Waals surface area contributed by atoms with Crippen molar-refractivity contribution in [2.45, 2.75) is 17.7 Å². The van der Waals surface area contributed by atoms with Crippen molar-refractivity contribution in [3.05, 3.63) is 23.8 Å². The lowest BCUT2D eigenvalue weighted by molar-refractivity contribution is 0.102. The topological polar surface area (TPSA) is 73.3 Å². The molecule has 0 amide bonds. The van der Waals surface area contributed by atoms with Crippen LogP contribution in [0.25, 0.3) is 0 Å². The van der Waals surface area contributed by atoms with Gasteiger partial charge in [-0.05, 0) is 25.1 Å². The smallest absolute Gasteiger partial charge is 0.206 e. The number of fused-ring (bicyclic) bond motifs is 1. The maximum atomic E-state index is 12.3. The second kappa shape index (κ2) is 7.65. The van der Waals surface area contributed by atoms with Crippen LogP contribution in [0.15, 0.2) is 22.5 Å². The molecule has 23 heavy (non-hydrogen) atoms. The van der Waals surface area contributed by atoms with E-state index in [2.05, 4.69) is 15.5 Å². The van der Waals surface area contributed by atoms with Crippen LogP contribution in [-0.4, -0.2) is 41.5 Å². The number of ketones is 1. The highest BCUT2D eigenvalue weighted by Gasteiger charge is 2.15. The number of carbonyl (C=O) groups excluding carboxylic acids is 1. The van der Waals surface area contributed by atoms with Gasteiger partial charge in [0.2, 0.25) is 5.13 Å². The van der Waals surface area contributed by atoms with E-state index < -0.39 is 0 Å². The summed E-state index contributed by atoms with van der Waals surface area (Å²) in [4.78, 5) is 12.3. The summed E-state index contributed by atoms with van der Waals surface area (Å²) >= 11 is 2.85. The van der Waals surface area contributed by atoms with Gasteiger partial charge < -0.3 is 14.8 Å². The number of thioether (sulfide) groups is 1. The summed E-state index contributed by atoms with van der Waals surface area (Å²) in [5.74, 6) is 1.70. The molecule has 3 rings (SSSR count). The molecule has 2 heterocycles. The Morgan fingerprint density at radius 3 is 2.96 bits per heavy atom. The predicted octanol–water partition coefficient (Wildman–Crippen LogP) is 3.11. The van der Waals surface area contributed by atoms with E-state index in [0.29, 0.717) is 36.0 Å². The summed E-state index contributed by atoms with van der Waals surface area (Å²) in [6.07, 6.45) is 0.846. The Labute approximate surface area is 142 Å². The molecule has 122 valence electrons. The molecule has 0 saturated carbocycles. The summed E-state index contributed by atoms with van der Waals surface area (Å²) in [7, 11) is 0. The lowest BCUT2D eigenvalue weighted by Gasteiger charge is -2.08. The van der Waals surface area contributed by atoms with Crippen molar-refractivity contribution in [3.63, 3.8) is 0 Å². The van der Waals surface area contributed by atoms with Gasteiger partial charge in [0.05, 0.1) is 19.0 Å². The van der Waals surface area contributed by atoms with Crippen LogP contribution in [-0.2, 0) is 0 Å². The van der Waals surface area contributed by atoms with Crippen LogP contribution in [0.4, 0.5) is 5.13 Å². The van der Waals surface area contributed by atoms with E-state index in [-0.39, 0.29) is 5.78 Å². The molecule has 0 radical (unpaired) electrons. The van der Waals surface area contributed by atoms with E-state index in [1.807, 2.05) is 6.92 Å². The second-order valence-electron chi connectivity index (χ2n) is 4.83. The maximum absolute atomic E-state index is 12.3. The van der Waals surface area contributed by atoms with E-state index in [1.54, 1.807) is 18.2 Å². The molecule has 2 aromatic rings. The lowest BCUT2D eigenvalue weighted by Crippen LogP contribution is -2.03. The third-order valence-corrected chi connectivity index (χ3v) is 5.14. The standard InChI is InChI=1S/C15H17N3O3S2/c1-2-16-14-17-18-15(23-14)22-9-11(19)10-4-5-12-13(8-10)21-7-3-6-20-12/h4-5,8H,2-3,6-7,9H2,1H3,(H,16,17). The Hall–Kier alpha value is -1.80. The van der Waals surface area contributed by atoms with E-state index in [1.165, 1.54) is 23.1 Å². The summed E-state index contributed by atoms with van der Waals surface area (Å²) in [5, 5.41) is 11.9. The maximum Gasteiger partial charge on any atom is 0.206 e. The number of rotatable bonds is 6. The summed E-state index contributed by atoms with van der Waals surface area (Å²) in [6.45, 7) is 4.05. The molecule has 0 atom stereocenters. The summed E-state index contributed by atoms with van der Waals surface area (Å²) in [5.41, 5.74) is 0.623. The Bertz CT molecular complexity index is 690. The fourth-order valence-electron chi connectivity index (χ4n) is 2.04. The molecule has 1 aliphatic heterocycles. The molecule has 0 bridgehead atoms. The van der Waals surface area contributed by atoms with Gasteiger partial charge in [-0.2, -0.15) is 0 Å². The zero-order chi connectivity index (χ0) is 16.1. The molecule has 8 heteroatoms. The quantitative estimate of drug-likeness (QED) is 0.633. The van der Waals surface area contributed by atoms with Crippen molar-refractivity contribution < 1.29 is 14.3 Å². The van der Waals surface area contributed by atoms with Crippen LogP contribution in [0.2, 0.25) is 0 Å². The first-order chi connectivity index (χ1) is 11.3. The Balaban J connectivity index is 1.62. The molecule has 1 aliphatic rings. The highest BCUT2D eigenvalue weighted by Crippen LogP contribution is 2.31. The third kappa shape index (κ3) is 4.14. The molecule has 0 fully saturated rings. The van der Waals surface area contributed by atoms with Crippen molar-refractivity contribution in [3.8, 4) is 11.5 Å². The number of carbonyl (C=O) groups is 1. The van der Waals surface area contributed by atoms with E-state index in [0.717, 1.165) is 22.4 Å². The van der Waals surface area contributed by atoms with Crippen molar-refractivity contribution in [2.24, 2.45) is 0 Å². The van der Waals surface area contributed by atoms with Gasteiger partial charge in [-0.25, -0.2) is 0 Å². The van der Waals surface area contributed by atoms with Crippen molar-refractivity contribution in [2.75, 3.05) is 30.8 Å². The number of ether oxygens (including phenoxy) is 2. The summed E-state index contributed by atoms with van der Waals surface area (Å²) in [6, 6.07) is 5.33. The molecule has 1 N–H and O–H groups in total. The fraction of sp³-hybridized carbons (Fsp3) is 0.400. The molecular weight excluding hydrogens is 334 g/mol. The number of hydrogen-bond acceptors (Lipinski definition) is 8. The second-order valence-corrected chi connectivity index (χ2v) is 7.03. The molecule has 0 aliphatic carbocycles. The number of nitrogens with one attached hydrogen (secondary N) is 1. The summed E-state index contributed by atoms with van der Waals surface area (Å²) < 4.78 is 12.0. The number of anilines is 1. The molecular formula is C15H17N3O3S2. The molecule has 6 nitrogen and oxygen atoms in total. The van der Waals surface area contributed by atoms with Crippen molar-refractivity contribution >= 4 is 34.0 Å². The highest BCUT2D eigenvalue weighted by atomic mass is 32.2. The fourth-order valence-corrected chi connectivity index (χ4v) is 3.75. The van der Waals surface area contributed by atoms with Crippen LogP contribution < -0.4 is 14.8 Å². The Kier molecular flexibility index (Phi) is 5.35. The Morgan fingerprint density at radius 2 is 2.13 bits per heavy atom. The van der Waals surface area contributed by atoms with Gasteiger partial charge in [0.1, 0.15) is 0 Å². The molecule has 0 saturated heterocycles. The van der Waals surface area contributed by atoms with Gasteiger partial charge >= 0.3 is 0 Å². The van der Waals surface area contributed by atoms with Gasteiger partial charge in [-0.3, -0.25) is 4.79 Å². The van der Waals surface area contributed by atoms with Gasteiger partial charge in [-0.1, -0.05) is 23.1 Å². The molecule has 1 aromatic heterocycles. The van der Waals surface area contributed by atoms with Crippen LogP contribution in [0, 0.1) is 0 Å². The van der Waals surface area contributed by atoms with Crippen molar-refractivity contribution in [1.82, 2.24) is 10.2 Å². The van der Waals surface area contributed by atoms with Crippen LogP contribution in [0.5, 0.6) is 11.5 Å². The van der Waals surface area contributed by atoms with E-state index in [9.17, 15) is 4.79 Å². The largest absolute Gasteiger partial charge is 0.490 e. The average Bonchev–Trinajstić information content (AvgIpc) is 2.87. The number of Topliss-reactive ketones (excluding diaryl/α,β-unsaturated/α-hetero) is 1. The Morgan fingerprint density at radius 1 is 1.30 bits per heavy atom. The number of aromatic nitrogens is 2. The van der Waals surface area contributed by atoms with Gasteiger partial charge in [0.15, 0.2) is 21.6 Å². The average molecular weight is 351 g/mol. The first-order valence-electron chi connectivity index (χ1n) is 7.39. The minimum Gasteiger partial charge on any atom is -0.490 e. The monoisotopic (exact) mass is 351 g/mol. The SMILES string of the molecule is CCNc1nnc(SCC(=O)c2ccc3c(c2)OCCCO3)s1. The zero-order valence-electron chi connectivity index (χ0n) is 12.7. The number of benzene rings is 1. The van der Waals surface area contributed by atoms with Crippen molar-refractivity contribution in [1.29, 1.82) is 0 Å².